The molecule has 3 rings (SSSR count). The van der Waals surface area contributed by atoms with Crippen molar-refractivity contribution >= 4 is 11.6 Å². The smallest absolute Gasteiger partial charge is 0.127 e. The Morgan fingerprint density at radius 2 is 1.59 bits per heavy atom. The van der Waals surface area contributed by atoms with Gasteiger partial charge in [0.15, 0.2) is 0 Å². The van der Waals surface area contributed by atoms with Gasteiger partial charge in [-0.2, -0.15) is 0 Å². The van der Waals surface area contributed by atoms with Crippen molar-refractivity contribution in [1.29, 1.82) is 0 Å². The minimum atomic E-state index is 0.438. The average molecular weight is 451 g/mol. The van der Waals surface area contributed by atoms with Gasteiger partial charge < -0.3 is 15.4 Å². The molecule has 170 valence electrons. The van der Waals surface area contributed by atoms with Gasteiger partial charge in [0, 0.05) is 24.2 Å². The fourth-order valence-electron chi connectivity index (χ4n) is 3.77. The van der Waals surface area contributed by atoms with Crippen LogP contribution in [0.5, 0.6) is 11.5 Å². The quantitative estimate of drug-likeness (QED) is 0.279. The molecule has 0 fully saturated rings. The molecule has 3 aromatic carbocycles. The number of hydrogen-bond acceptors (Lipinski definition) is 3. The molecular formula is C28H35ClN2O. The summed E-state index contributed by atoms with van der Waals surface area (Å²) in [6.07, 6.45) is 3.42. The summed E-state index contributed by atoms with van der Waals surface area (Å²) in [4.78, 5) is 0. The van der Waals surface area contributed by atoms with Crippen LogP contribution in [0, 0.1) is 5.92 Å². The van der Waals surface area contributed by atoms with E-state index in [1.807, 2.05) is 36.4 Å². The Bertz CT molecular complexity index is 912. The van der Waals surface area contributed by atoms with Crippen molar-refractivity contribution in [3.8, 4) is 11.5 Å². The maximum Gasteiger partial charge on any atom is 0.127 e. The summed E-state index contributed by atoms with van der Waals surface area (Å²) >= 11 is 5.96. The molecule has 0 aliphatic heterocycles. The van der Waals surface area contributed by atoms with Gasteiger partial charge in [0.05, 0.1) is 0 Å². The summed E-state index contributed by atoms with van der Waals surface area (Å²) in [7, 11) is 0. The molecule has 0 aliphatic carbocycles. The van der Waals surface area contributed by atoms with E-state index >= 15 is 0 Å². The third kappa shape index (κ3) is 9.04. The first-order valence-corrected chi connectivity index (χ1v) is 12.0. The second-order valence-electron chi connectivity index (χ2n) is 8.70. The lowest BCUT2D eigenvalue weighted by molar-refractivity contribution is 0.395. The number of benzene rings is 3. The van der Waals surface area contributed by atoms with Crippen LogP contribution in [0.3, 0.4) is 0 Å². The summed E-state index contributed by atoms with van der Waals surface area (Å²) < 4.78 is 5.97. The molecule has 0 bridgehead atoms. The second kappa shape index (κ2) is 13.3. The molecule has 0 heterocycles. The van der Waals surface area contributed by atoms with Crippen LogP contribution in [0.1, 0.15) is 37.8 Å². The van der Waals surface area contributed by atoms with Gasteiger partial charge in [-0.3, -0.25) is 0 Å². The number of halogens is 1. The van der Waals surface area contributed by atoms with Crippen LogP contribution in [0.4, 0.5) is 0 Å². The van der Waals surface area contributed by atoms with E-state index in [0.717, 1.165) is 50.4 Å². The summed E-state index contributed by atoms with van der Waals surface area (Å²) in [5, 5.41) is 8.10. The average Bonchev–Trinajstić information content (AvgIpc) is 2.79. The van der Waals surface area contributed by atoms with Crippen LogP contribution < -0.4 is 15.4 Å². The Morgan fingerprint density at radius 3 is 2.34 bits per heavy atom. The first kappa shape index (κ1) is 24.3. The molecule has 2 N–H and O–H groups in total. The highest BCUT2D eigenvalue weighted by Crippen LogP contribution is 2.24. The van der Waals surface area contributed by atoms with Crippen molar-refractivity contribution in [2.75, 3.05) is 13.1 Å². The molecule has 1 atom stereocenters. The SMILES string of the molecule is CC(C)CC(CNCCCc1ccccc1)NCc1cccc(Oc2ccc(Cl)cc2)c1. The molecule has 0 spiro atoms. The zero-order valence-electron chi connectivity index (χ0n) is 19.2. The summed E-state index contributed by atoms with van der Waals surface area (Å²) in [5.74, 6) is 2.28. The van der Waals surface area contributed by atoms with E-state index in [2.05, 4.69) is 66.9 Å². The van der Waals surface area contributed by atoms with Crippen LogP contribution >= 0.6 is 11.6 Å². The van der Waals surface area contributed by atoms with Gasteiger partial charge in [0.2, 0.25) is 0 Å². The Labute approximate surface area is 198 Å². The van der Waals surface area contributed by atoms with E-state index in [1.54, 1.807) is 0 Å². The van der Waals surface area contributed by atoms with Crippen LogP contribution in [0.2, 0.25) is 5.02 Å². The lowest BCUT2D eigenvalue weighted by Gasteiger charge is -2.21. The van der Waals surface area contributed by atoms with E-state index in [1.165, 1.54) is 11.1 Å². The third-order valence-electron chi connectivity index (χ3n) is 5.35. The number of hydrogen-bond donors (Lipinski definition) is 2. The third-order valence-corrected chi connectivity index (χ3v) is 5.60. The Kier molecular flexibility index (Phi) is 10.1. The van der Waals surface area contributed by atoms with Gasteiger partial charge in [-0.15, -0.1) is 0 Å². The fraction of sp³-hybridized carbons (Fsp3) is 0.357. The first-order chi connectivity index (χ1) is 15.6. The van der Waals surface area contributed by atoms with E-state index in [4.69, 9.17) is 16.3 Å². The topological polar surface area (TPSA) is 33.3 Å². The summed E-state index contributed by atoms with van der Waals surface area (Å²) in [6, 6.07) is 26.9. The maximum absolute atomic E-state index is 5.97. The predicted molar refractivity (Wildman–Crippen MR) is 136 cm³/mol. The zero-order valence-corrected chi connectivity index (χ0v) is 19.9. The normalized spacial score (nSPS) is 12.1. The van der Waals surface area contributed by atoms with E-state index < -0.39 is 0 Å². The predicted octanol–water partition coefficient (Wildman–Crippen LogP) is 6.86. The highest BCUT2D eigenvalue weighted by molar-refractivity contribution is 6.30. The van der Waals surface area contributed by atoms with Crippen molar-refractivity contribution in [3.63, 3.8) is 0 Å². The van der Waals surface area contributed by atoms with Crippen LogP contribution in [-0.4, -0.2) is 19.1 Å². The molecule has 0 radical (unpaired) electrons. The Morgan fingerprint density at radius 1 is 0.844 bits per heavy atom. The van der Waals surface area contributed by atoms with Gasteiger partial charge in [0.1, 0.15) is 11.5 Å². The van der Waals surface area contributed by atoms with Gasteiger partial charge in [0.25, 0.3) is 0 Å². The fourth-order valence-corrected chi connectivity index (χ4v) is 3.89. The summed E-state index contributed by atoms with van der Waals surface area (Å²) in [5.41, 5.74) is 2.63. The molecule has 0 aliphatic rings. The van der Waals surface area contributed by atoms with Crippen LogP contribution in [-0.2, 0) is 13.0 Å². The van der Waals surface area contributed by atoms with E-state index in [-0.39, 0.29) is 0 Å². The Hall–Kier alpha value is -2.33. The molecule has 0 saturated carbocycles. The molecule has 1 unspecified atom stereocenters. The number of ether oxygens (including phenoxy) is 1. The summed E-state index contributed by atoms with van der Waals surface area (Å²) in [6.45, 7) is 7.40. The highest BCUT2D eigenvalue weighted by atomic mass is 35.5. The largest absolute Gasteiger partial charge is 0.457 e. The van der Waals surface area contributed by atoms with Gasteiger partial charge in [-0.25, -0.2) is 0 Å². The van der Waals surface area contributed by atoms with E-state index in [9.17, 15) is 0 Å². The van der Waals surface area contributed by atoms with Crippen molar-refractivity contribution in [3.05, 3.63) is 95.0 Å². The minimum absolute atomic E-state index is 0.438. The standard InChI is InChI=1S/C28H35ClN2O/c1-22(2)18-26(21-30-17-7-11-23-8-4-3-5-9-23)31-20-24-10-6-12-28(19-24)32-27-15-13-25(29)14-16-27/h3-6,8-10,12-16,19,22,26,30-31H,7,11,17-18,20-21H2,1-2H3. The molecular weight excluding hydrogens is 416 g/mol. The lowest BCUT2D eigenvalue weighted by atomic mass is 10.0. The first-order valence-electron chi connectivity index (χ1n) is 11.6. The van der Waals surface area contributed by atoms with Crippen LogP contribution in [0.25, 0.3) is 0 Å². The van der Waals surface area contributed by atoms with Crippen molar-refractivity contribution < 1.29 is 4.74 Å². The second-order valence-corrected chi connectivity index (χ2v) is 9.14. The van der Waals surface area contributed by atoms with Gasteiger partial charge in [-0.05, 0) is 79.3 Å². The molecule has 0 amide bonds. The molecule has 0 aromatic heterocycles. The monoisotopic (exact) mass is 450 g/mol. The minimum Gasteiger partial charge on any atom is -0.457 e. The maximum atomic E-state index is 5.97. The lowest BCUT2D eigenvalue weighted by Crippen LogP contribution is -2.39. The van der Waals surface area contributed by atoms with E-state index in [0.29, 0.717) is 17.0 Å². The number of nitrogens with one attached hydrogen (secondary N) is 2. The molecule has 0 saturated heterocycles. The zero-order chi connectivity index (χ0) is 22.6. The number of aryl methyl sites for hydroxylation is 1. The molecule has 3 nitrogen and oxygen atoms in total. The highest BCUT2D eigenvalue weighted by Gasteiger charge is 2.10. The Balaban J connectivity index is 1.45. The van der Waals surface area contributed by atoms with Crippen LogP contribution in [0.15, 0.2) is 78.9 Å². The molecule has 4 heteroatoms. The van der Waals surface area contributed by atoms with Crippen molar-refractivity contribution in [2.24, 2.45) is 5.92 Å². The van der Waals surface area contributed by atoms with Crippen molar-refractivity contribution in [2.45, 2.75) is 45.7 Å². The number of rotatable bonds is 13. The van der Waals surface area contributed by atoms with Gasteiger partial charge >= 0.3 is 0 Å². The van der Waals surface area contributed by atoms with Crippen molar-refractivity contribution in [1.82, 2.24) is 10.6 Å². The molecule has 32 heavy (non-hydrogen) atoms. The van der Waals surface area contributed by atoms with Gasteiger partial charge in [-0.1, -0.05) is 67.9 Å². The molecule has 3 aromatic rings.